The smallest absolute Gasteiger partial charge is 0.326 e. The second kappa shape index (κ2) is 9.51. The van der Waals surface area contributed by atoms with Crippen molar-refractivity contribution in [2.24, 2.45) is 0 Å². The van der Waals surface area contributed by atoms with Gasteiger partial charge in [-0.25, -0.2) is 0 Å². The molecular formula is C19H26F3NOS. The predicted octanol–water partition coefficient (Wildman–Crippen LogP) is 6.03. The zero-order chi connectivity index (χ0) is 18.3. The molecular weight excluding hydrogens is 347 g/mol. The van der Waals surface area contributed by atoms with Crippen molar-refractivity contribution in [2.45, 2.75) is 63.4 Å². The molecule has 1 fully saturated rings. The first-order chi connectivity index (χ1) is 11.9. The number of thioether (sulfide) groups is 1. The lowest BCUT2D eigenvalue weighted by molar-refractivity contribution is -0.137. The first kappa shape index (κ1) is 20.1. The summed E-state index contributed by atoms with van der Waals surface area (Å²) in [5.41, 5.74) is 0.121. The van der Waals surface area contributed by atoms with E-state index in [1.807, 2.05) is 4.90 Å². The average molecular weight is 373 g/mol. The van der Waals surface area contributed by atoms with E-state index in [-0.39, 0.29) is 11.3 Å². The first-order valence-corrected chi connectivity index (χ1v) is 10.1. The Morgan fingerprint density at radius 2 is 1.76 bits per heavy atom. The number of hydrogen-bond acceptors (Lipinski definition) is 2. The lowest BCUT2D eigenvalue weighted by Gasteiger charge is -2.24. The molecule has 0 spiro atoms. The topological polar surface area (TPSA) is 20.3 Å². The maximum atomic E-state index is 12.7. The van der Waals surface area contributed by atoms with E-state index >= 15 is 0 Å². The highest BCUT2D eigenvalue weighted by atomic mass is 32.2. The molecule has 0 aliphatic carbocycles. The highest BCUT2D eigenvalue weighted by molar-refractivity contribution is 7.99. The predicted molar refractivity (Wildman–Crippen MR) is 96.3 cm³/mol. The van der Waals surface area contributed by atoms with Gasteiger partial charge in [0.15, 0.2) is 0 Å². The molecule has 140 valence electrons. The van der Waals surface area contributed by atoms with Gasteiger partial charge in [0.1, 0.15) is 5.37 Å². The Balaban J connectivity index is 1.87. The van der Waals surface area contributed by atoms with Gasteiger partial charge >= 0.3 is 6.18 Å². The maximum absolute atomic E-state index is 12.7. The van der Waals surface area contributed by atoms with E-state index in [2.05, 4.69) is 6.92 Å². The Kier molecular flexibility index (Phi) is 7.66. The third-order valence-corrected chi connectivity index (χ3v) is 5.74. The van der Waals surface area contributed by atoms with E-state index < -0.39 is 11.7 Å². The highest BCUT2D eigenvalue weighted by Crippen LogP contribution is 2.39. The molecule has 2 rings (SSSR count). The maximum Gasteiger partial charge on any atom is 0.416 e. The molecule has 1 saturated heterocycles. The van der Waals surface area contributed by atoms with E-state index in [1.165, 1.54) is 31.4 Å². The monoisotopic (exact) mass is 373 g/mol. The van der Waals surface area contributed by atoms with E-state index in [0.29, 0.717) is 13.0 Å². The lowest BCUT2D eigenvalue weighted by Crippen LogP contribution is -2.30. The van der Waals surface area contributed by atoms with Crippen molar-refractivity contribution < 1.29 is 18.0 Å². The van der Waals surface area contributed by atoms with Gasteiger partial charge in [-0.05, 0) is 24.1 Å². The lowest BCUT2D eigenvalue weighted by atomic mass is 10.1. The molecule has 1 aliphatic heterocycles. The Morgan fingerprint density at radius 3 is 2.40 bits per heavy atom. The van der Waals surface area contributed by atoms with Gasteiger partial charge in [0.2, 0.25) is 5.91 Å². The van der Waals surface area contributed by atoms with Crippen LogP contribution in [0, 0.1) is 0 Å². The van der Waals surface area contributed by atoms with Gasteiger partial charge in [-0.15, -0.1) is 11.8 Å². The molecule has 0 aromatic heterocycles. The molecule has 1 unspecified atom stereocenters. The van der Waals surface area contributed by atoms with E-state index in [4.69, 9.17) is 0 Å². The molecule has 1 aliphatic rings. The van der Waals surface area contributed by atoms with Crippen molar-refractivity contribution in [1.29, 1.82) is 0 Å². The van der Waals surface area contributed by atoms with Crippen molar-refractivity contribution >= 4 is 17.7 Å². The van der Waals surface area contributed by atoms with Gasteiger partial charge in [-0.2, -0.15) is 13.2 Å². The molecule has 2 nitrogen and oxygen atoms in total. The van der Waals surface area contributed by atoms with Crippen LogP contribution in [0.2, 0.25) is 0 Å². The summed E-state index contributed by atoms with van der Waals surface area (Å²) in [6, 6.07) is 5.20. The number of hydrogen-bond donors (Lipinski definition) is 0. The Bertz CT molecular complexity index is 545. The van der Waals surface area contributed by atoms with Crippen LogP contribution in [0.4, 0.5) is 13.2 Å². The molecule has 25 heavy (non-hydrogen) atoms. The van der Waals surface area contributed by atoms with Crippen molar-refractivity contribution in [3.05, 3.63) is 35.4 Å². The van der Waals surface area contributed by atoms with Crippen molar-refractivity contribution in [3.8, 4) is 0 Å². The minimum Gasteiger partial charge on any atom is -0.326 e. The van der Waals surface area contributed by atoms with Crippen LogP contribution in [0.1, 0.15) is 68.4 Å². The van der Waals surface area contributed by atoms with Gasteiger partial charge in [0.25, 0.3) is 0 Å². The summed E-state index contributed by atoms with van der Waals surface area (Å²) in [6.07, 6.45) is 3.00. The first-order valence-electron chi connectivity index (χ1n) is 9.01. The largest absolute Gasteiger partial charge is 0.416 e. The van der Waals surface area contributed by atoms with Crippen LogP contribution in [0.25, 0.3) is 0 Å². The molecule has 1 heterocycles. The summed E-state index contributed by atoms with van der Waals surface area (Å²) in [4.78, 5) is 14.3. The normalized spacial score (nSPS) is 17.9. The van der Waals surface area contributed by atoms with Crippen LogP contribution >= 0.6 is 11.8 Å². The Morgan fingerprint density at radius 1 is 1.12 bits per heavy atom. The SMILES string of the molecule is CCCCCCCCC(=O)N1CCSC1c1ccc(C(F)(F)F)cc1. The molecule has 1 amide bonds. The number of nitrogens with zero attached hydrogens (tertiary/aromatic N) is 1. The van der Waals surface area contributed by atoms with E-state index in [1.54, 1.807) is 11.8 Å². The molecule has 1 atom stereocenters. The second-order valence-electron chi connectivity index (χ2n) is 6.45. The molecule has 0 bridgehead atoms. The van der Waals surface area contributed by atoms with Gasteiger partial charge in [-0.1, -0.05) is 51.2 Å². The van der Waals surface area contributed by atoms with Crippen molar-refractivity contribution in [3.63, 3.8) is 0 Å². The van der Waals surface area contributed by atoms with Crippen molar-refractivity contribution in [2.75, 3.05) is 12.3 Å². The fourth-order valence-corrected chi connectivity index (χ4v) is 4.32. The third kappa shape index (κ3) is 5.94. The van der Waals surface area contributed by atoms with Crippen LogP contribution in [0.15, 0.2) is 24.3 Å². The number of rotatable bonds is 8. The molecule has 0 saturated carbocycles. The fourth-order valence-electron chi connectivity index (χ4n) is 3.04. The van der Waals surface area contributed by atoms with Crippen molar-refractivity contribution in [1.82, 2.24) is 4.90 Å². The average Bonchev–Trinajstić information content (AvgIpc) is 3.07. The van der Waals surface area contributed by atoms with Crippen LogP contribution in [0.5, 0.6) is 0 Å². The summed E-state index contributed by atoms with van der Waals surface area (Å²) >= 11 is 1.62. The molecule has 0 N–H and O–H groups in total. The fraction of sp³-hybridized carbons (Fsp3) is 0.632. The Labute approximate surface area is 152 Å². The standard InChI is InChI=1S/C19H26F3NOS/c1-2-3-4-5-6-7-8-17(24)23-13-14-25-18(23)15-9-11-16(12-10-15)19(20,21)22/h9-12,18H,2-8,13-14H2,1H3. The number of benzene rings is 1. The number of carbonyl (C=O) groups is 1. The summed E-state index contributed by atoms with van der Waals surface area (Å²) in [7, 11) is 0. The Hall–Kier alpha value is -1.17. The van der Waals surface area contributed by atoms with Gasteiger partial charge < -0.3 is 4.90 Å². The van der Waals surface area contributed by atoms with Gasteiger partial charge in [0.05, 0.1) is 5.56 Å². The second-order valence-corrected chi connectivity index (χ2v) is 7.64. The molecule has 0 radical (unpaired) electrons. The van der Waals surface area contributed by atoms with Crippen LogP contribution < -0.4 is 0 Å². The van der Waals surface area contributed by atoms with E-state index in [0.717, 1.165) is 42.7 Å². The van der Waals surface area contributed by atoms with Crippen LogP contribution in [0.3, 0.4) is 0 Å². The number of unbranched alkanes of at least 4 members (excludes halogenated alkanes) is 5. The van der Waals surface area contributed by atoms with Gasteiger partial charge in [0, 0.05) is 18.7 Å². The summed E-state index contributed by atoms with van der Waals surface area (Å²) in [6.45, 7) is 2.85. The zero-order valence-corrected chi connectivity index (χ0v) is 15.5. The zero-order valence-electron chi connectivity index (χ0n) is 14.6. The molecule has 6 heteroatoms. The van der Waals surface area contributed by atoms with Gasteiger partial charge in [-0.3, -0.25) is 4.79 Å². The minimum absolute atomic E-state index is 0.116. The number of halogens is 3. The quantitative estimate of drug-likeness (QED) is 0.519. The molecule has 1 aromatic carbocycles. The number of carbonyl (C=O) groups excluding carboxylic acids is 1. The number of alkyl halides is 3. The molecule has 1 aromatic rings. The van der Waals surface area contributed by atoms with Crippen LogP contribution in [-0.2, 0) is 11.0 Å². The van der Waals surface area contributed by atoms with E-state index in [9.17, 15) is 18.0 Å². The third-order valence-electron chi connectivity index (χ3n) is 4.48. The summed E-state index contributed by atoms with van der Waals surface area (Å²) in [5.74, 6) is 0.943. The van der Waals surface area contributed by atoms with Crippen LogP contribution in [-0.4, -0.2) is 23.1 Å². The summed E-state index contributed by atoms with van der Waals surface area (Å²) in [5, 5.41) is -0.158. The minimum atomic E-state index is -4.32. The number of amides is 1. The summed E-state index contributed by atoms with van der Waals surface area (Å²) < 4.78 is 38.0. The highest BCUT2D eigenvalue weighted by Gasteiger charge is 2.33.